The minimum absolute atomic E-state index is 0.403. The van der Waals surface area contributed by atoms with Crippen LogP contribution in [0.15, 0.2) is 59.5 Å². The summed E-state index contributed by atoms with van der Waals surface area (Å²) in [6.45, 7) is 1.17. The summed E-state index contributed by atoms with van der Waals surface area (Å²) in [4.78, 5) is 24.7. The van der Waals surface area contributed by atoms with Crippen molar-refractivity contribution in [3.05, 3.63) is 60.2 Å². The zero-order valence-electron chi connectivity index (χ0n) is 17.0. The van der Waals surface area contributed by atoms with Crippen molar-refractivity contribution in [1.82, 2.24) is 10.5 Å². The molecular weight excluding hydrogens is 402 g/mol. The smallest absolute Gasteiger partial charge is 0.430 e. The fourth-order valence-corrected chi connectivity index (χ4v) is 4.17. The highest BCUT2D eigenvalue weighted by Crippen LogP contribution is 2.35. The van der Waals surface area contributed by atoms with Crippen LogP contribution < -0.4 is 15.5 Å². The first-order valence-electron chi connectivity index (χ1n) is 9.79. The van der Waals surface area contributed by atoms with Crippen molar-refractivity contribution in [2.24, 2.45) is 0 Å². The third-order valence-corrected chi connectivity index (χ3v) is 6.07. The average Bonchev–Trinajstić information content (AvgIpc) is 3.19. The Morgan fingerprint density at radius 2 is 2.00 bits per heavy atom. The van der Waals surface area contributed by atoms with Gasteiger partial charge in [0.25, 0.3) is 0 Å². The first-order chi connectivity index (χ1) is 14.6. The quantitative estimate of drug-likeness (QED) is 0.690. The van der Waals surface area contributed by atoms with E-state index in [-0.39, 0.29) is 0 Å². The summed E-state index contributed by atoms with van der Waals surface area (Å²) >= 11 is 1.58. The summed E-state index contributed by atoms with van der Waals surface area (Å²) in [5.41, 5.74) is 5.33. The number of thioether (sulfide) groups is 1. The molecule has 8 heteroatoms. The molecule has 1 amide bonds. The predicted molar refractivity (Wildman–Crippen MR) is 117 cm³/mol. The molecule has 2 aliphatic rings. The number of nitrogens with zero attached hydrogens (tertiary/aromatic N) is 1. The maximum Gasteiger partial charge on any atom is 0.430 e. The Hall–Kier alpha value is -2.68. The van der Waals surface area contributed by atoms with Gasteiger partial charge in [0.1, 0.15) is 11.4 Å². The zero-order chi connectivity index (χ0) is 21.0. The van der Waals surface area contributed by atoms with E-state index in [4.69, 9.17) is 14.4 Å². The van der Waals surface area contributed by atoms with E-state index in [2.05, 4.69) is 16.9 Å². The van der Waals surface area contributed by atoms with Crippen molar-refractivity contribution in [2.75, 3.05) is 31.8 Å². The first-order valence-corrected chi connectivity index (χ1v) is 11.0. The fraction of sp³-hybridized carbons (Fsp3) is 0.318. The van der Waals surface area contributed by atoms with Gasteiger partial charge in [-0.05, 0) is 49.4 Å². The van der Waals surface area contributed by atoms with Crippen molar-refractivity contribution < 1.29 is 19.2 Å². The predicted octanol–water partition coefficient (Wildman–Crippen LogP) is 4.29. The van der Waals surface area contributed by atoms with E-state index in [0.29, 0.717) is 25.9 Å². The molecule has 1 saturated heterocycles. The first kappa shape index (κ1) is 20.6. The van der Waals surface area contributed by atoms with Crippen LogP contribution in [0.5, 0.6) is 5.75 Å². The molecule has 158 valence electrons. The van der Waals surface area contributed by atoms with Crippen LogP contribution in [0.25, 0.3) is 5.70 Å². The zero-order valence-corrected chi connectivity index (χ0v) is 17.8. The van der Waals surface area contributed by atoms with E-state index in [1.807, 2.05) is 54.8 Å². The van der Waals surface area contributed by atoms with Gasteiger partial charge in [-0.1, -0.05) is 24.3 Å². The highest BCUT2D eigenvalue weighted by Gasteiger charge is 2.39. The second-order valence-corrected chi connectivity index (χ2v) is 8.04. The number of hydrogen-bond acceptors (Lipinski definition) is 7. The lowest BCUT2D eigenvalue weighted by molar-refractivity contribution is -0.153. The lowest BCUT2D eigenvalue weighted by atomic mass is 9.91. The van der Waals surface area contributed by atoms with Gasteiger partial charge >= 0.3 is 6.09 Å². The van der Waals surface area contributed by atoms with Crippen LogP contribution in [0.1, 0.15) is 18.4 Å². The van der Waals surface area contributed by atoms with Crippen molar-refractivity contribution in [3.8, 4) is 5.75 Å². The van der Waals surface area contributed by atoms with Crippen LogP contribution in [-0.2, 0) is 9.68 Å². The molecule has 4 rings (SSSR count). The molecule has 0 radical (unpaired) electrons. The van der Waals surface area contributed by atoms with Crippen molar-refractivity contribution in [1.29, 1.82) is 0 Å². The van der Waals surface area contributed by atoms with Gasteiger partial charge in [-0.25, -0.2) is 4.79 Å². The number of ether oxygens (including phenoxy) is 1. The number of methoxy groups -OCH3 is 1. The molecule has 0 aromatic heterocycles. The second kappa shape index (κ2) is 8.99. The number of carbonyl (C=O) groups excluding carboxylic acids is 1. The summed E-state index contributed by atoms with van der Waals surface area (Å²) in [6, 6.07) is 15.5. The lowest BCUT2D eigenvalue weighted by Crippen LogP contribution is -2.45. The topological polar surface area (TPSA) is 72.1 Å². The minimum atomic E-state index is -0.481. The van der Waals surface area contributed by atoms with Gasteiger partial charge in [-0.15, -0.1) is 16.8 Å². The molecular formula is C22H25N3O4S. The average molecular weight is 428 g/mol. The van der Waals surface area contributed by atoms with E-state index >= 15 is 0 Å². The van der Waals surface area contributed by atoms with Gasteiger partial charge in [0.15, 0.2) is 0 Å². The Bertz CT molecular complexity index is 941. The van der Waals surface area contributed by atoms with Gasteiger partial charge in [0.05, 0.1) is 18.5 Å². The number of piperidine rings is 1. The van der Waals surface area contributed by atoms with Crippen LogP contribution >= 0.6 is 11.8 Å². The normalized spacial score (nSPS) is 17.9. The molecule has 0 unspecified atom stereocenters. The Morgan fingerprint density at radius 3 is 2.77 bits per heavy atom. The highest BCUT2D eigenvalue weighted by molar-refractivity contribution is 7.98. The van der Waals surface area contributed by atoms with Crippen molar-refractivity contribution in [2.45, 2.75) is 23.3 Å². The Kier molecular flexibility index (Phi) is 6.17. The molecule has 0 aliphatic carbocycles. The van der Waals surface area contributed by atoms with Gasteiger partial charge in [-0.2, -0.15) is 0 Å². The SMILES string of the molecule is COc1cccc(C2=CC3(CCN(OC(=O)Nc4ccccc4SC)CC3)ON2)c1. The number of para-hydroxylation sites is 1. The van der Waals surface area contributed by atoms with Crippen molar-refractivity contribution >= 4 is 29.2 Å². The summed E-state index contributed by atoms with van der Waals surface area (Å²) in [7, 11) is 1.65. The summed E-state index contributed by atoms with van der Waals surface area (Å²) in [5, 5.41) is 4.50. The monoisotopic (exact) mass is 427 g/mol. The van der Waals surface area contributed by atoms with Crippen LogP contribution in [-0.4, -0.2) is 43.2 Å². The van der Waals surface area contributed by atoms with Gasteiger partial charge in [-0.3, -0.25) is 15.6 Å². The summed E-state index contributed by atoms with van der Waals surface area (Å²) < 4.78 is 5.30. The molecule has 1 spiro atoms. The number of nitrogens with one attached hydrogen (secondary N) is 2. The molecule has 0 saturated carbocycles. The molecule has 2 heterocycles. The van der Waals surface area contributed by atoms with E-state index in [9.17, 15) is 4.79 Å². The standard InChI is InChI=1S/C22H25N3O4S/c1-27-17-7-5-6-16(14-17)19-15-22(29-24-19)10-12-25(13-11-22)28-21(26)23-18-8-3-4-9-20(18)30-2/h3-9,14-15,24H,10-13H2,1-2H3,(H,23,26). The maximum atomic E-state index is 12.3. The number of rotatable bonds is 5. The van der Waals surface area contributed by atoms with E-state index in [0.717, 1.165) is 27.6 Å². The van der Waals surface area contributed by atoms with Gasteiger partial charge in [0.2, 0.25) is 0 Å². The summed E-state index contributed by atoms with van der Waals surface area (Å²) in [6.07, 6.45) is 5.03. The van der Waals surface area contributed by atoms with Crippen LogP contribution in [0.3, 0.4) is 0 Å². The number of benzene rings is 2. The third kappa shape index (κ3) is 4.56. The Labute approximate surface area is 180 Å². The van der Waals surface area contributed by atoms with Gasteiger partial charge < -0.3 is 9.57 Å². The molecule has 2 N–H and O–H groups in total. The Morgan fingerprint density at radius 1 is 1.20 bits per heavy atom. The van der Waals surface area contributed by atoms with E-state index < -0.39 is 11.7 Å². The maximum absolute atomic E-state index is 12.3. The fourth-order valence-electron chi connectivity index (χ4n) is 3.61. The molecule has 0 bridgehead atoms. The number of carbonyl (C=O) groups is 1. The number of anilines is 1. The van der Waals surface area contributed by atoms with Crippen molar-refractivity contribution in [3.63, 3.8) is 0 Å². The molecule has 1 fully saturated rings. The van der Waals surface area contributed by atoms with Crippen LogP contribution in [0, 0.1) is 0 Å². The van der Waals surface area contributed by atoms with Crippen LogP contribution in [0.2, 0.25) is 0 Å². The lowest BCUT2D eigenvalue weighted by Gasteiger charge is -2.35. The van der Waals surface area contributed by atoms with Gasteiger partial charge in [0, 0.05) is 23.5 Å². The van der Waals surface area contributed by atoms with E-state index in [1.165, 1.54) is 0 Å². The third-order valence-electron chi connectivity index (χ3n) is 5.28. The van der Waals surface area contributed by atoms with Crippen LogP contribution in [0.4, 0.5) is 10.5 Å². The molecule has 2 aromatic carbocycles. The largest absolute Gasteiger partial charge is 0.497 e. The van der Waals surface area contributed by atoms with E-state index in [1.54, 1.807) is 23.9 Å². The minimum Gasteiger partial charge on any atom is -0.497 e. The number of amides is 1. The summed E-state index contributed by atoms with van der Waals surface area (Å²) in [5.74, 6) is 0.799. The molecule has 0 atom stereocenters. The number of hydrogen-bond donors (Lipinski definition) is 2. The Balaban J connectivity index is 1.33. The molecule has 2 aromatic rings. The molecule has 30 heavy (non-hydrogen) atoms. The highest BCUT2D eigenvalue weighted by atomic mass is 32.2. The molecule has 2 aliphatic heterocycles. The second-order valence-electron chi connectivity index (χ2n) is 7.19. The molecule has 7 nitrogen and oxygen atoms in total. The number of hydroxylamine groups is 3.